The van der Waals surface area contributed by atoms with Gasteiger partial charge in [0.1, 0.15) is 5.78 Å². The van der Waals surface area contributed by atoms with Gasteiger partial charge in [-0.15, -0.1) is 0 Å². The van der Waals surface area contributed by atoms with Crippen molar-refractivity contribution in [1.82, 2.24) is 0 Å². The Bertz CT molecular complexity index is 503. The summed E-state index contributed by atoms with van der Waals surface area (Å²) in [6.07, 6.45) is 23.5. The third kappa shape index (κ3) is 23.5. The molecule has 0 aromatic rings. The zero-order valence-electron chi connectivity index (χ0n) is 22.4. The molecule has 34 heavy (non-hydrogen) atoms. The summed E-state index contributed by atoms with van der Waals surface area (Å²) < 4.78 is 22.0. The number of hydrogen-bond donors (Lipinski definition) is 2. The highest BCUT2D eigenvalue weighted by Crippen LogP contribution is 2.44. The summed E-state index contributed by atoms with van der Waals surface area (Å²) >= 11 is 0. The molecule has 0 heterocycles. The van der Waals surface area contributed by atoms with E-state index < -0.39 is 7.82 Å². The van der Waals surface area contributed by atoms with Crippen LogP contribution in [-0.2, 0) is 18.4 Å². The molecule has 0 aliphatic heterocycles. The fourth-order valence-electron chi connectivity index (χ4n) is 4.19. The second kappa shape index (κ2) is 24.4. The van der Waals surface area contributed by atoms with E-state index in [9.17, 15) is 14.3 Å². The number of nitrogens with two attached hydrogens (primary N) is 1. The van der Waals surface area contributed by atoms with Gasteiger partial charge in [0.2, 0.25) is 0 Å². The lowest BCUT2D eigenvalue weighted by molar-refractivity contribution is -0.120. The molecule has 0 radical (unpaired) electrons. The maximum absolute atomic E-state index is 12.0. The molecule has 0 aliphatic rings. The van der Waals surface area contributed by atoms with Gasteiger partial charge in [0.15, 0.2) is 0 Å². The molecule has 0 aromatic heterocycles. The van der Waals surface area contributed by atoms with Gasteiger partial charge in [-0.3, -0.25) is 13.8 Å². The van der Waals surface area contributed by atoms with Gasteiger partial charge in [-0.25, -0.2) is 4.57 Å². The van der Waals surface area contributed by atoms with Gasteiger partial charge >= 0.3 is 7.82 Å². The normalized spacial score (nSPS) is 14.2. The first-order valence-corrected chi connectivity index (χ1v) is 15.8. The minimum absolute atomic E-state index is 0.0299. The third-order valence-electron chi connectivity index (χ3n) is 6.45. The number of unbranched alkanes of at least 4 members (excludes halogenated alkanes) is 15. The Morgan fingerprint density at radius 2 is 1.24 bits per heavy atom. The summed E-state index contributed by atoms with van der Waals surface area (Å²) in [6, 6.07) is 0. The van der Waals surface area contributed by atoms with Crippen LogP contribution in [0, 0.1) is 5.92 Å². The molecular formula is C27H56NO5P. The summed E-state index contributed by atoms with van der Waals surface area (Å²) in [5.41, 5.74) is 5.37. The van der Waals surface area contributed by atoms with E-state index in [1.54, 1.807) is 0 Å². The molecule has 2 atom stereocenters. The van der Waals surface area contributed by atoms with Crippen LogP contribution in [0.25, 0.3) is 0 Å². The van der Waals surface area contributed by atoms with Crippen LogP contribution in [0.15, 0.2) is 0 Å². The molecular weight excluding hydrogens is 449 g/mol. The number of hydrogen-bond acceptors (Lipinski definition) is 5. The Labute approximate surface area is 210 Å². The van der Waals surface area contributed by atoms with Gasteiger partial charge in [-0.2, -0.15) is 0 Å². The summed E-state index contributed by atoms with van der Waals surface area (Å²) in [5.74, 6) is 0.139. The first kappa shape index (κ1) is 33.7. The number of phosphoric ester groups is 1. The summed E-state index contributed by atoms with van der Waals surface area (Å²) in [4.78, 5) is 21.7. The number of carbonyl (C=O) groups excluding carboxylic acids is 1. The zero-order chi connectivity index (χ0) is 25.3. The number of rotatable bonds is 27. The average Bonchev–Trinajstić information content (AvgIpc) is 2.82. The van der Waals surface area contributed by atoms with E-state index in [4.69, 9.17) is 14.8 Å². The van der Waals surface area contributed by atoms with Gasteiger partial charge in [-0.1, -0.05) is 117 Å². The Kier molecular flexibility index (Phi) is 24.2. The monoisotopic (exact) mass is 505 g/mol. The van der Waals surface area contributed by atoms with Crippen molar-refractivity contribution in [2.24, 2.45) is 11.7 Å². The van der Waals surface area contributed by atoms with E-state index in [1.165, 1.54) is 89.9 Å². The van der Waals surface area contributed by atoms with Gasteiger partial charge in [0.25, 0.3) is 0 Å². The topological polar surface area (TPSA) is 98.8 Å². The van der Waals surface area contributed by atoms with Crippen molar-refractivity contribution >= 4 is 13.6 Å². The molecule has 0 rings (SSSR count). The third-order valence-corrected chi connectivity index (χ3v) is 7.44. The minimum atomic E-state index is -4.07. The first-order valence-electron chi connectivity index (χ1n) is 14.3. The van der Waals surface area contributed by atoms with Crippen LogP contribution in [0.3, 0.4) is 0 Å². The largest absolute Gasteiger partial charge is 0.472 e. The van der Waals surface area contributed by atoms with Crippen LogP contribution in [-0.4, -0.2) is 30.4 Å². The summed E-state index contributed by atoms with van der Waals surface area (Å²) in [7, 11) is -4.07. The van der Waals surface area contributed by atoms with Crippen molar-refractivity contribution in [2.45, 2.75) is 142 Å². The Balaban J connectivity index is 3.77. The van der Waals surface area contributed by atoms with Crippen molar-refractivity contribution in [1.29, 1.82) is 0 Å². The number of phosphoric acid groups is 1. The molecule has 0 amide bonds. The van der Waals surface area contributed by atoms with E-state index in [0.717, 1.165) is 19.3 Å². The van der Waals surface area contributed by atoms with Crippen molar-refractivity contribution in [2.75, 3.05) is 19.8 Å². The molecule has 3 N–H and O–H groups in total. The Morgan fingerprint density at radius 3 is 1.68 bits per heavy atom. The molecule has 0 saturated heterocycles. The molecule has 6 nitrogen and oxygen atoms in total. The SMILES string of the molecule is CCCCCCCCCCCCCCCCCCC(COP(=O)(O)OCCCN)CC(=O)CC. The maximum Gasteiger partial charge on any atom is 0.472 e. The van der Waals surface area contributed by atoms with Crippen LogP contribution in [0.5, 0.6) is 0 Å². The molecule has 0 aromatic carbocycles. The molecule has 0 aliphatic carbocycles. The van der Waals surface area contributed by atoms with E-state index in [1.807, 2.05) is 6.92 Å². The lowest BCUT2D eigenvalue weighted by Gasteiger charge is -2.18. The lowest BCUT2D eigenvalue weighted by Crippen LogP contribution is -2.14. The molecule has 204 valence electrons. The fourth-order valence-corrected chi connectivity index (χ4v) is 5.03. The standard InChI is InChI=1S/C27H56NO5P/c1-3-5-6-7-8-9-10-11-12-13-14-15-16-17-18-19-21-26(24-27(29)4-2)25-33-34(30,31)32-23-20-22-28/h26H,3-25,28H2,1-2H3,(H,30,31). The number of ketones is 1. The Morgan fingerprint density at radius 1 is 0.765 bits per heavy atom. The lowest BCUT2D eigenvalue weighted by atomic mass is 9.95. The highest BCUT2D eigenvalue weighted by atomic mass is 31.2. The quantitative estimate of drug-likeness (QED) is 0.0864. The predicted octanol–water partition coefficient (Wildman–Crippen LogP) is 8.11. The van der Waals surface area contributed by atoms with E-state index in [0.29, 0.717) is 25.8 Å². The second-order valence-electron chi connectivity index (χ2n) is 9.79. The minimum Gasteiger partial charge on any atom is -0.330 e. The molecule has 2 unspecified atom stereocenters. The molecule has 0 spiro atoms. The Hall–Kier alpha value is -0.260. The highest BCUT2D eigenvalue weighted by molar-refractivity contribution is 7.47. The van der Waals surface area contributed by atoms with Gasteiger partial charge in [0.05, 0.1) is 13.2 Å². The van der Waals surface area contributed by atoms with Crippen molar-refractivity contribution < 1.29 is 23.3 Å². The predicted molar refractivity (Wildman–Crippen MR) is 143 cm³/mol. The zero-order valence-corrected chi connectivity index (χ0v) is 23.3. The second-order valence-corrected chi connectivity index (χ2v) is 11.2. The summed E-state index contributed by atoms with van der Waals surface area (Å²) in [5, 5.41) is 0. The van der Waals surface area contributed by atoms with Crippen molar-refractivity contribution in [3.63, 3.8) is 0 Å². The van der Waals surface area contributed by atoms with E-state index in [-0.39, 0.29) is 24.9 Å². The average molecular weight is 506 g/mol. The van der Waals surface area contributed by atoms with Crippen molar-refractivity contribution in [3.8, 4) is 0 Å². The molecule has 0 saturated carbocycles. The van der Waals surface area contributed by atoms with E-state index in [2.05, 4.69) is 6.92 Å². The maximum atomic E-state index is 12.0. The smallest absolute Gasteiger partial charge is 0.330 e. The van der Waals surface area contributed by atoms with Gasteiger partial charge < -0.3 is 10.6 Å². The highest BCUT2D eigenvalue weighted by Gasteiger charge is 2.24. The van der Waals surface area contributed by atoms with Crippen LogP contribution in [0.1, 0.15) is 142 Å². The van der Waals surface area contributed by atoms with E-state index >= 15 is 0 Å². The molecule has 0 bridgehead atoms. The van der Waals surface area contributed by atoms with Crippen LogP contribution < -0.4 is 5.73 Å². The number of carbonyl (C=O) groups is 1. The first-order chi connectivity index (χ1) is 16.4. The fraction of sp³-hybridized carbons (Fsp3) is 0.963. The molecule has 7 heteroatoms. The molecule has 0 fully saturated rings. The van der Waals surface area contributed by atoms with Crippen LogP contribution in [0.4, 0.5) is 0 Å². The van der Waals surface area contributed by atoms with Crippen LogP contribution in [0.2, 0.25) is 0 Å². The van der Waals surface area contributed by atoms with Crippen molar-refractivity contribution in [3.05, 3.63) is 0 Å². The number of Topliss-reactive ketones (excluding diaryl/α,β-unsaturated/α-hetero) is 1. The van der Waals surface area contributed by atoms with Crippen LogP contribution >= 0.6 is 7.82 Å². The van der Waals surface area contributed by atoms with Gasteiger partial charge in [0, 0.05) is 12.8 Å². The summed E-state index contributed by atoms with van der Waals surface area (Å²) in [6.45, 7) is 4.70. The van der Waals surface area contributed by atoms with Gasteiger partial charge in [-0.05, 0) is 25.3 Å².